The van der Waals surface area contributed by atoms with Crippen LogP contribution in [0.15, 0.2) is 12.5 Å². The molecule has 1 aliphatic carbocycles. The second-order valence-corrected chi connectivity index (χ2v) is 3.86. The first-order chi connectivity index (χ1) is 6.98. The highest BCUT2D eigenvalue weighted by Crippen LogP contribution is 2.35. The maximum Gasteiger partial charge on any atom is 0.420 e. The van der Waals surface area contributed by atoms with Gasteiger partial charge in [0.25, 0.3) is 0 Å². The molecule has 1 aliphatic rings. The van der Waals surface area contributed by atoms with Crippen LogP contribution >= 0.6 is 0 Å². The first kappa shape index (κ1) is 10.5. The van der Waals surface area contributed by atoms with Crippen LogP contribution in [0.4, 0.5) is 13.2 Å². The molecule has 1 atom stereocenters. The lowest BCUT2D eigenvalue weighted by atomic mass is 10.2. The van der Waals surface area contributed by atoms with Crippen molar-refractivity contribution < 1.29 is 18.3 Å². The maximum atomic E-state index is 12.3. The van der Waals surface area contributed by atoms with Crippen molar-refractivity contribution in [2.45, 2.75) is 31.7 Å². The quantitative estimate of drug-likeness (QED) is 0.844. The molecule has 1 saturated carbocycles. The minimum atomic E-state index is -4.62. The van der Waals surface area contributed by atoms with Crippen molar-refractivity contribution in [1.29, 1.82) is 0 Å². The van der Waals surface area contributed by atoms with Gasteiger partial charge in [-0.2, -0.15) is 13.2 Å². The number of imidazole rings is 1. The standard InChI is InChI=1S/C9H11F3N2O/c10-9(11,12)8(15)7-3-13-5-14(7)4-6-1-2-6/h3,5-6,8,15H,1-2,4H2. The Bertz CT molecular complexity index is 343. The molecule has 1 heterocycles. The Hall–Kier alpha value is -1.04. The van der Waals surface area contributed by atoms with Crippen molar-refractivity contribution >= 4 is 0 Å². The molecule has 0 amide bonds. The number of halogens is 3. The van der Waals surface area contributed by atoms with Crippen LogP contribution in [0, 0.1) is 5.92 Å². The average molecular weight is 220 g/mol. The summed E-state index contributed by atoms with van der Waals surface area (Å²) in [6, 6.07) is 0. The first-order valence-corrected chi connectivity index (χ1v) is 4.73. The number of nitrogens with zero attached hydrogens (tertiary/aromatic N) is 2. The molecular formula is C9H11F3N2O. The maximum absolute atomic E-state index is 12.3. The van der Waals surface area contributed by atoms with E-state index in [0.717, 1.165) is 19.0 Å². The third-order valence-corrected chi connectivity index (χ3v) is 2.49. The minimum Gasteiger partial charge on any atom is -0.378 e. The van der Waals surface area contributed by atoms with E-state index in [1.54, 1.807) is 0 Å². The van der Waals surface area contributed by atoms with Crippen LogP contribution in [0.25, 0.3) is 0 Å². The van der Waals surface area contributed by atoms with Gasteiger partial charge in [0, 0.05) is 6.54 Å². The summed E-state index contributed by atoms with van der Waals surface area (Å²) in [5, 5.41) is 9.07. The third-order valence-electron chi connectivity index (χ3n) is 2.49. The van der Waals surface area contributed by atoms with Crippen molar-refractivity contribution in [3.05, 3.63) is 18.2 Å². The number of aliphatic hydroxyl groups is 1. The highest BCUT2D eigenvalue weighted by molar-refractivity contribution is 5.05. The lowest BCUT2D eigenvalue weighted by Crippen LogP contribution is -2.23. The number of hydrogen-bond donors (Lipinski definition) is 1. The largest absolute Gasteiger partial charge is 0.420 e. The van der Waals surface area contributed by atoms with Crippen LogP contribution < -0.4 is 0 Å². The average Bonchev–Trinajstić information content (AvgIpc) is 2.80. The van der Waals surface area contributed by atoms with E-state index in [1.165, 1.54) is 10.9 Å². The van der Waals surface area contributed by atoms with Gasteiger partial charge in [-0.05, 0) is 18.8 Å². The van der Waals surface area contributed by atoms with Gasteiger partial charge in [-0.15, -0.1) is 0 Å². The second-order valence-electron chi connectivity index (χ2n) is 3.86. The van der Waals surface area contributed by atoms with E-state index in [4.69, 9.17) is 5.11 Å². The van der Waals surface area contributed by atoms with Gasteiger partial charge in [0.2, 0.25) is 0 Å². The predicted molar refractivity (Wildman–Crippen MR) is 46.0 cm³/mol. The SMILES string of the molecule is OC(c1cncn1CC1CC1)C(F)(F)F. The molecule has 1 N–H and O–H groups in total. The molecule has 0 spiro atoms. The van der Waals surface area contributed by atoms with E-state index >= 15 is 0 Å². The molecule has 1 aromatic rings. The molecule has 1 aromatic heterocycles. The first-order valence-electron chi connectivity index (χ1n) is 4.73. The summed E-state index contributed by atoms with van der Waals surface area (Å²) in [5.74, 6) is 0.443. The molecule has 2 rings (SSSR count). The molecule has 0 saturated heterocycles. The Balaban J connectivity index is 2.15. The van der Waals surface area contributed by atoms with E-state index in [2.05, 4.69) is 4.98 Å². The number of hydrogen-bond acceptors (Lipinski definition) is 2. The van der Waals surface area contributed by atoms with Crippen molar-refractivity contribution in [2.75, 3.05) is 0 Å². The lowest BCUT2D eigenvalue weighted by Gasteiger charge is -2.16. The third kappa shape index (κ3) is 2.31. The Morgan fingerprint density at radius 1 is 1.53 bits per heavy atom. The molecule has 1 fully saturated rings. The highest BCUT2D eigenvalue weighted by atomic mass is 19.4. The summed E-state index contributed by atoms with van der Waals surface area (Å²) in [7, 11) is 0. The predicted octanol–water partition coefficient (Wildman–Crippen LogP) is 1.89. The summed E-state index contributed by atoms with van der Waals surface area (Å²) in [5.41, 5.74) is -0.172. The van der Waals surface area contributed by atoms with E-state index < -0.39 is 12.3 Å². The fourth-order valence-corrected chi connectivity index (χ4v) is 1.46. The monoisotopic (exact) mass is 220 g/mol. The van der Waals surface area contributed by atoms with Crippen LogP contribution in [0.2, 0.25) is 0 Å². The summed E-state index contributed by atoms with van der Waals surface area (Å²) in [4.78, 5) is 3.64. The van der Waals surface area contributed by atoms with E-state index in [0.29, 0.717) is 12.5 Å². The van der Waals surface area contributed by atoms with E-state index in [-0.39, 0.29) is 5.69 Å². The van der Waals surface area contributed by atoms with Gasteiger partial charge in [0.1, 0.15) is 0 Å². The normalized spacial score (nSPS) is 19.2. The Morgan fingerprint density at radius 3 is 2.73 bits per heavy atom. The van der Waals surface area contributed by atoms with Gasteiger partial charge in [0.15, 0.2) is 6.10 Å². The second kappa shape index (κ2) is 3.52. The summed E-state index contributed by atoms with van der Waals surface area (Å²) in [6.07, 6.45) is -2.57. The fraction of sp³-hybridized carbons (Fsp3) is 0.667. The van der Waals surface area contributed by atoms with E-state index in [1.807, 2.05) is 0 Å². The molecule has 1 unspecified atom stereocenters. The zero-order chi connectivity index (χ0) is 11.1. The van der Waals surface area contributed by atoms with Gasteiger partial charge in [-0.1, -0.05) is 0 Å². The molecule has 0 bridgehead atoms. The van der Waals surface area contributed by atoms with Crippen molar-refractivity contribution in [1.82, 2.24) is 9.55 Å². The molecule has 0 aromatic carbocycles. The van der Waals surface area contributed by atoms with Gasteiger partial charge >= 0.3 is 6.18 Å². The number of aromatic nitrogens is 2. The number of alkyl halides is 3. The van der Waals surface area contributed by atoms with Crippen molar-refractivity contribution in [2.24, 2.45) is 5.92 Å². The minimum absolute atomic E-state index is 0.172. The molecule has 3 nitrogen and oxygen atoms in total. The van der Waals surface area contributed by atoms with Gasteiger partial charge in [-0.3, -0.25) is 0 Å². The molecule has 84 valence electrons. The zero-order valence-electron chi connectivity index (χ0n) is 7.91. The van der Waals surface area contributed by atoms with E-state index in [9.17, 15) is 13.2 Å². The summed E-state index contributed by atoms with van der Waals surface area (Å²) in [6.45, 7) is 0.516. The number of rotatable bonds is 3. The molecule has 15 heavy (non-hydrogen) atoms. The molecular weight excluding hydrogens is 209 g/mol. The van der Waals surface area contributed by atoms with Crippen LogP contribution in [0.5, 0.6) is 0 Å². The highest BCUT2D eigenvalue weighted by Gasteiger charge is 2.41. The van der Waals surface area contributed by atoms with Crippen LogP contribution in [-0.2, 0) is 6.54 Å². The fourth-order valence-electron chi connectivity index (χ4n) is 1.46. The number of aliphatic hydroxyl groups excluding tert-OH is 1. The van der Waals surface area contributed by atoms with Crippen LogP contribution in [0.3, 0.4) is 0 Å². The zero-order valence-corrected chi connectivity index (χ0v) is 7.91. The van der Waals surface area contributed by atoms with Gasteiger partial charge < -0.3 is 9.67 Å². The van der Waals surface area contributed by atoms with Crippen LogP contribution in [0.1, 0.15) is 24.6 Å². The summed E-state index contributed by atoms with van der Waals surface area (Å²) < 4.78 is 38.1. The lowest BCUT2D eigenvalue weighted by molar-refractivity contribution is -0.208. The Labute approximate surface area is 84.5 Å². The van der Waals surface area contributed by atoms with Gasteiger partial charge in [0.05, 0.1) is 18.2 Å². The van der Waals surface area contributed by atoms with Crippen molar-refractivity contribution in [3.63, 3.8) is 0 Å². The van der Waals surface area contributed by atoms with Crippen LogP contribution in [-0.4, -0.2) is 20.8 Å². The Kier molecular flexibility index (Phi) is 2.46. The van der Waals surface area contributed by atoms with Gasteiger partial charge in [-0.25, -0.2) is 4.98 Å². The topological polar surface area (TPSA) is 38.1 Å². The Morgan fingerprint density at radius 2 is 2.20 bits per heavy atom. The molecule has 0 radical (unpaired) electrons. The van der Waals surface area contributed by atoms with Crippen molar-refractivity contribution in [3.8, 4) is 0 Å². The molecule has 6 heteroatoms. The molecule has 0 aliphatic heterocycles. The smallest absolute Gasteiger partial charge is 0.378 e. The summed E-state index contributed by atoms with van der Waals surface area (Å²) >= 11 is 0.